The maximum atomic E-state index is 12.2. The third-order valence-corrected chi connectivity index (χ3v) is 5.00. The number of aromatic nitrogens is 2. The molecule has 1 aromatic carbocycles. The number of hydrogen-bond donors (Lipinski definition) is 1. The van der Waals surface area contributed by atoms with Gasteiger partial charge < -0.3 is 10.1 Å². The van der Waals surface area contributed by atoms with Crippen LogP contribution in [-0.4, -0.2) is 23.0 Å². The number of rotatable bonds is 6. The molecule has 1 amide bonds. The van der Waals surface area contributed by atoms with Gasteiger partial charge in [0.2, 0.25) is 5.91 Å². The second-order valence-electron chi connectivity index (χ2n) is 5.57. The summed E-state index contributed by atoms with van der Waals surface area (Å²) in [6.07, 6.45) is 3.82. The molecule has 0 atom stereocenters. The largest absolute Gasteiger partial charge is 0.497 e. The number of nitrogens with one attached hydrogen (secondary N) is 1. The molecule has 0 radical (unpaired) electrons. The first-order chi connectivity index (χ1) is 12.2. The standard InChI is InChI=1S/C19H19N3O2S/c1-13-17(25-19(22-13)15-7-9-20-10-8-15)11-18(23)21-12-14-3-5-16(24-2)6-4-14/h3-10H,11-12H2,1-2H3,(H,21,23). The summed E-state index contributed by atoms with van der Waals surface area (Å²) in [5.74, 6) is 0.794. The molecule has 0 aliphatic carbocycles. The molecule has 0 aliphatic rings. The summed E-state index contributed by atoms with van der Waals surface area (Å²) in [6, 6.07) is 11.5. The third kappa shape index (κ3) is 4.42. The van der Waals surface area contributed by atoms with Crippen molar-refractivity contribution in [2.45, 2.75) is 19.9 Å². The van der Waals surface area contributed by atoms with Crippen LogP contribution in [0.3, 0.4) is 0 Å². The van der Waals surface area contributed by atoms with Crippen LogP contribution in [0.25, 0.3) is 10.6 Å². The SMILES string of the molecule is COc1ccc(CNC(=O)Cc2sc(-c3ccncc3)nc2C)cc1. The molecule has 0 fully saturated rings. The van der Waals surface area contributed by atoms with Gasteiger partial charge in [-0.15, -0.1) is 11.3 Å². The van der Waals surface area contributed by atoms with Crippen molar-refractivity contribution in [1.29, 1.82) is 0 Å². The van der Waals surface area contributed by atoms with Gasteiger partial charge >= 0.3 is 0 Å². The minimum Gasteiger partial charge on any atom is -0.497 e. The van der Waals surface area contributed by atoms with Gasteiger partial charge in [0.05, 0.1) is 19.2 Å². The number of pyridine rings is 1. The molecule has 0 bridgehead atoms. The topological polar surface area (TPSA) is 64.1 Å². The van der Waals surface area contributed by atoms with Crippen LogP contribution in [0.1, 0.15) is 16.1 Å². The number of methoxy groups -OCH3 is 1. The molecule has 0 spiro atoms. The highest BCUT2D eigenvalue weighted by atomic mass is 32.1. The van der Waals surface area contributed by atoms with Gasteiger partial charge in [-0.05, 0) is 36.8 Å². The van der Waals surface area contributed by atoms with Gasteiger partial charge in [-0.1, -0.05) is 12.1 Å². The Kier molecular flexibility index (Phi) is 5.40. The molecule has 5 nitrogen and oxygen atoms in total. The maximum absolute atomic E-state index is 12.2. The van der Waals surface area contributed by atoms with E-state index in [1.54, 1.807) is 30.8 Å². The van der Waals surface area contributed by atoms with Gasteiger partial charge in [0, 0.05) is 29.4 Å². The summed E-state index contributed by atoms with van der Waals surface area (Å²) in [5.41, 5.74) is 2.96. The lowest BCUT2D eigenvalue weighted by molar-refractivity contribution is -0.120. The van der Waals surface area contributed by atoms with E-state index in [4.69, 9.17) is 4.74 Å². The Labute approximate surface area is 150 Å². The second-order valence-corrected chi connectivity index (χ2v) is 6.65. The van der Waals surface area contributed by atoms with Gasteiger partial charge in [0.25, 0.3) is 0 Å². The number of carbonyl (C=O) groups excluding carboxylic acids is 1. The summed E-state index contributed by atoms with van der Waals surface area (Å²) in [7, 11) is 1.63. The summed E-state index contributed by atoms with van der Waals surface area (Å²) in [4.78, 5) is 21.8. The van der Waals surface area contributed by atoms with E-state index in [1.165, 1.54) is 0 Å². The van der Waals surface area contributed by atoms with Crippen molar-refractivity contribution in [3.8, 4) is 16.3 Å². The molecule has 6 heteroatoms. The van der Waals surface area contributed by atoms with E-state index >= 15 is 0 Å². The number of thiazole rings is 1. The molecular weight excluding hydrogens is 334 g/mol. The highest BCUT2D eigenvalue weighted by Gasteiger charge is 2.13. The predicted molar refractivity (Wildman–Crippen MR) is 98.6 cm³/mol. The van der Waals surface area contributed by atoms with E-state index in [-0.39, 0.29) is 5.91 Å². The van der Waals surface area contributed by atoms with E-state index < -0.39 is 0 Å². The molecule has 128 valence electrons. The minimum atomic E-state index is -0.0103. The zero-order valence-electron chi connectivity index (χ0n) is 14.2. The lowest BCUT2D eigenvalue weighted by Crippen LogP contribution is -2.24. The second kappa shape index (κ2) is 7.90. The lowest BCUT2D eigenvalue weighted by atomic mass is 10.2. The Morgan fingerprint density at radius 1 is 1.16 bits per heavy atom. The molecule has 3 aromatic rings. The predicted octanol–water partition coefficient (Wildman–Crippen LogP) is 3.38. The van der Waals surface area contributed by atoms with Gasteiger partial charge in [0.1, 0.15) is 10.8 Å². The Bertz CT molecular complexity index is 845. The highest BCUT2D eigenvalue weighted by Crippen LogP contribution is 2.27. The van der Waals surface area contributed by atoms with Crippen molar-refractivity contribution >= 4 is 17.2 Å². The molecule has 0 saturated heterocycles. The van der Waals surface area contributed by atoms with Crippen LogP contribution < -0.4 is 10.1 Å². The molecule has 2 heterocycles. The highest BCUT2D eigenvalue weighted by molar-refractivity contribution is 7.15. The summed E-state index contributed by atoms with van der Waals surface area (Å²) in [5, 5.41) is 3.86. The van der Waals surface area contributed by atoms with Crippen LogP contribution >= 0.6 is 11.3 Å². The first-order valence-electron chi connectivity index (χ1n) is 7.92. The fourth-order valence-electron chi connectivity index (χ4n) is 2.36. The van der Waals surface area contributed by atoms with Crippen LogP contribution in [0.2, 0.25) is 0 Å². The van der Waals surface area contributed by atoms with Crippen LogP contribution in [0, 0.1) is 6.92 Å². The fourth-order valence-corrected chi connectivity index (χ4v) is 3.43. The lowest BCUT2D eigenvalue weighted by Gasteiger charge is -2.06. The van der Waals surface area contributed by atoms with E-state index in [0.29, 0.717) is 13.0 Å². The normalized spacial score (nSPS) is 10.5. The first-order valence-corrected chi connectivity index (χ1v) is 8.73. The number of aryl methyl sites for hydroxylation is 1. The molecule has 1 N–H and O–H groups in total. The summed E-state index contributed by atoms with van der Waals surface area (Å²) in [6.45, 7) is 2.44. The van der Waals surface area contributed by atoms with Gasteiger partial charge in [-0.3, -0.25) is 9.78 Å². The Morgan fingerprint density at radius 2 is 1.88 bits per heavy atom. The number of ether oxygens (including phenoxy) is 1. The van der Waals surface area contributed by atoms with Crippen LogP contribution in [0.5, 0.6) is 5.75 Å². The number of nitrogens with zero attached hydrogens (tertiary/aromatic N) is 2. The maximum Gasteiger partial charge on any atom is 0.225 e. The van der Waals surface area contributed by atoms with Crippen molar-refractivity contribution in [3.63, 3.8) is 0 Å². The smallest absolute Gasteiger partial charge is 0.225 e. The van der Waals surface area contributed by atoms with Crippen molar-refractivity contribution < 1.29 is 9.53 Å². The average Bonchev–Trinajstić information content (AvgIpc) is 3.01. The molecule has 3 rings (SSSR count). The van der Waals surface area contributed by atoms with E-state index in [2.05, 4.69) is 15.3 Å². The van der Waals surface area contributed by atoms with E-state index in [0.717, 1.165) is 32.5 Å². The molecule has 2 aromatic heterocycles. The monoisotopic (exact) mass is 353 g/mol. The number of benzene rings is 1. The zero-order valence-corrected chi connectivity index (χ0v) is 15.0. The molecule has 0 aliphatic heterocycles. The Balaban J connectivity index is 1.60. The van der Waals surface area contributed by atoms with Crippen LogP contribution in [0.4, 0.5) is 0 Å². The molecule has 0 saturated carbocycles. The number of hydrogen-bond acceptors (Lipinski definition) is 5. The van der Waals surface area contributed by atoms with Gasteiger partial charge in [0.15, 0.2) is 0 Å². The van der Waals surface area contributed by atoms with Crippen molar-refractivity contribution in [1.82, 2.24) is 15.3 Å². The van der Waals surface area contributed by atoms with E-state index in [9.17, 15) is 4.79 Å². The third-order valence-electron chi connectivity index (χ3n) is 3.79. The Hall–Kier alpha value is -2.73. The quantitative estimate of drug-likeness (QED) is 0.738. The van der Waals surface area contributed by atoms with Crippen LogP contribution in [-0.2, 0) is 17.8 Å². The minimum absolute atomic E-state index is 0.0103. The zero-order chi connectivity index (χ0) is 17.6. The van der Waals surface area contributed by atoms with E-state index in [1.807, 2.05) is 43.3 Å². The molecule has 0 unspecified atom stereocenters. The summed E-state index contributed by atoms with van der Waals surface area (Å²) >= 11 is 1.55. The summed E-state index contributed by atoms with van der Waals surface area (Å²) < 4.78 is 5.13. The van der Waals surface area contributed by atoms with Crippen LogP contribution in [0.15, 0.2) is 48.8 Å². The number of carbonyl (C=O) groups is 1. The molecule has 25 heavy (non-hydrogen) atoms. The molecular formula is C19H19N3O2S. The first kappa shape index (κ1) is 17.1. The van der Waals surface area contributed by atoms with Crippen molar-refractivity contribution in [3.05, 3.63) is 64.9 Å². The van der Waals surface area contributed by atoms with Gasteiger partial charge in [-0.25, -0.2) is 4.98 Å². The van der Waals surface area contributed by atoms with Gasteiger partial charge in [-0.2, -0.15) is 0 Å². The fraction of sp³-hybridized carbons (Fsp3) is 0.211. The van der Waals surface area contributed by atoms with Crippen molar-refractivity contribution in [2.75, 3.05) is 7.11 Å². The Morgan fingerprint density at radius 3 is 2.56 bits per heavy atom. The van der Waals surface area contributed by atoms with Crippen molar-refractivity contribution in [2.24, 2.45) is 0 Å². The number of amides is 1. The average molecular weight is 353 g/mol.